The van der Waals surface area contributed by atoms with Crippen LogP contribution in [0.3, 0.4) is 0 Å². The van der Waals surface area contributed by atoms with E-state index in [1.54, 1.807) is 12.1 Å². The maximum atomic E-state index is 12.1. The Labute approximate surface area is 122 Å². The number of hydrogen-bond acceptors (Lipinski definition) is 2. The molecule has 0 bridgehead atoms. The van der Waals surface area contributed by atoms with E-state index in [0.29, 0.717) is 5.56 Å². The molecule has 0 spiro atoms. The van der Waals surface area contributed by atoms with Crippen molar-refractivity contribution in [2.45, 2.75) is 46.6 Å². The zero-order chi connectivity index (χ0) is 15.0. The minimum Gasteiger partial charge on any atom is -0.458 e. The van der Waals surface area contributed by atoms with Gasteiger partial charge in [-0.25, -0.2) is 4.79 Å². The summed E-state index contributed by atoms with van der Waals surface area (Å²) < 4.78 is 5.61. The summed E-state index contributed by atoms with van der Waals surface area (Å²) in [7, 11) is 0. The minimum atomic E-state index is -0.250. The predicted molar refractivity (Wildman–Crippen MR) is 83.7 cm³/mol. The Hall–Kier alpha value is -1.83. The van der Waals surface area contributed by atoms with Gasteiger partial charge in [0, 0.05) is 12.8 Å². The molecule has 1 aromatic carbocycles. The Morgan fingerprint density at radius 3 is 1.95 bits per heavy atom. The summed E-state index contributed by atoms with van der Waals surface area (Å²) in [6, 6.07) is 9.14. The molecule has 0 N–H and O–H groups in total. The zero-order valence-corrected chi connectivity index (χ0v) is 12.8. The van der Waals surface area contributed by atoms with Crippen LogP contribution in [-0.2, 0) is 4.74 Å². The Morgan fingerprint density at radius 1 is 1.00 bits per heavy atom. The molecule has 0 saturated carbocycles. The van der Waals surface area contributed by atoms with E-state index in [4.69, 9.17) is 4.74 Å². The smallest absolute Gasteiger partial charge is 0.338 e. The third kappa shape index (κ3) is 6.37. The lowest BCUT2D eigenvalue weighted by Crippen LogP contribution is -2.17. The van der Waals surface area contributed by atoms with Crippen LogP contribution in [-0.4, -0.2) is 12.1 Å². The highest BCUT2D eigenvalue weighted by molar-refractivity contribution is 5.89. The maximum Gasteiger partial charge on any atom is 0.338 e. The van der Waals surface area contributed by atoms with Gasteiger partial charge in [-0.1, -0.05) is 41.5 Å². The first-order valence-electron chi connectivity index (χ1n) is 7.01. The van der Waals surface area contributed by atoms with Crippen LogP contribution in [0.25, 0.3) is 0 Å². The van der Waals surface area contributed by atoms with E-state index < -0.39 is 0 Å². The second-order valence-electron chi connectivity index (χ2n) is 5.43. The largest absolute Gasteiger partial charge is 0.458 e. The van der Waals surface area contributed by atoms with E-state index >= 15 is 0 Å². The van der Waals surface area contributed by atoms with E-state index in [1.807, 2.05) is 18.2 Å². The van der Waals surface area contributed by atoms with Gasteiger partial charge in [0.15, 0.2) is 0 Å². The average Bonchev–Trinajstić information content (AvgIpc) is 2.42. The number of esters is 1. The number of carbonyl (C=O) groups excluding carboxylic acids is 1. The fraction of sp³-hybridized carbons (Fsp3) is 0.389. The first-order chi connectivity index (χ1) is 9.49. The van der Waals surface area contributed by atoms with Crippen molar-refractivity contribution in [1.29, 1.82) is 0 Å². The van der Waals surface area contributed by atoms with Gasteiger partial charge in [-0.3, -0.25) is 0 Å². The van der Waals surface area contributed by atoms with Gasteiger partial charge in [-0.05, 0) is 39.8 Å². The van der Waals surface area contributed by atoms with Crippen molar-refractivity contribution in [3.8, 4) is 0 Å². The molecule has 20 heavy (non-hydrogen) atoms. The van der Waals surface area contributed by atoms with E-state index in [1.165, 1.54) is 11.1 Å². The van der Waals surface area contributed by atoms with Crippen molar-refractivity contribution < 1.29 is 9.53 Å². The lowest BCUT2D eigenvalue weighted by molar-refractivity contribution is 0.0314. The van der Waals surface area contributed by atoms with Gasteiger partial charge in [-0.2, -0.15) is 0 Å². The molecule has 0 aromatic heterocycles. The number of benzene rings is 1. The van der Waals surface area contributed by atoms with Crippen molar-refractivity contribution in [2.24, 2.45) is 0 Å². The third-order valence-corrected chi connectivity index (χ3v) is 2.86. The highest BCUT2D eigenvalue weighted by atomic mass is 16.5. The number of carbonyl (C=O) groups is 1. The highest BCUT2D eigenvalue weighted by Crippen LogP contribution is 2.13. The molecule has 108 valence electrons. The molecular formula is C18H24O2. The van der Waals surface area contributed by atoms with Gasteiger partial charge in [0.05, 0.1) is 5.56 Å². The predicted octanol–water partition coefficient (Wildman–Crippen LogP) is 4.92. The Balaban J connectivity index is 2.70. The molecule has 0 atom stereocenters. The Kier molecular flexibility index (Phi) is 6.78. The van der Waals surface area contributed by atoms with E-state index in [2.05, 4.69) is 39.8 Å². The molecule has 1 aromatic rings. The second kappa shape index (κ2) is 8.36. The maximum absolute atomic E-state index is 12.1. The summed E-state index contributed by atoms with van der Waals surface area (Å²) in [6.45, 7) is 8.21. The summed E-state index contributed by atoms with van der Waals surface area (Å²) in [5.41, 5.74) is 3.08. The molecule has 0 aliphatic rings. The third-order valence-electron chi connectivity index (χ3n) is 2.86. The molecular weight excluding hydrogens is 248 g/mol. The molecule has 2 nitrogen and oxygen atoms in total. The minimum absolute atomic E-state index is 0.104. The zero-order valence-electron chi connectivity index (χ0n) is 12.8. The van der Waals surface area contributed by atoms with Crippen molar-refractivity contribution in [1.82, 2.24) is 0 Å². The van der Waals surface area contributed by atoms with Crippen molar-refractivity contribution in [3.05, 3.63) is 59.2 Å². The summed E-state index contributed by atoms with van der Waals surface area (Å²) in [5, 5.41) is 0. The molecule has 2 heteroatoms. The normalized spacial score (nSPS) is 10.1. The topological polar surface area (TPSA) is 26.3 Å². The fourth-order valence-electron chi connectivity index (χ4n) is 1.72. The van der Waals surface area contributed by atoms with E-state index in [9.17, 15) is 4.79 Å². The first kappa shape index (κ1) is 16.2. The lowest BCUT2D eigenvalue weighted by Gasteiger charge is -2.15. The van der Waals surface area contributed by atoms with Crippen molar-refractivity contribution >= 4 is 5.97 Å². The van der Waals surface area contributed by atoms with Crippen molar-refractivity contribution in [2.75, 3.05) is 0 Å². The van der Waals surface area contributed by atoms with Crippen LogP contribution in [0, 0.1) is 0 Å². The molecule has 0 fully saturated rings. The van der Waals surface area contributed by atoms with Gasteiger partial charge in [0.2, 0.25) is 0 Å². The average molecular weight is 272 g/mol. The van der Waals surface area contributed by atoms with Gasteiger partial charge in [0.1, 0.15) is 6.10 Å². The number of ether oxygens (including phenoxy) is 1. The molecule has 0 amide bonds. The summed E-state index contributed by atoms with van der Waals surface area (Å²) in [5.74, 6) is -0.250. The fourth-order valence-corrected chi connectivity index (χ4v) is 1.72. The molecule has 1 rings (SSSR count). The highest BCUT2D eigenvalue weighted by Gasteiger charge is 2.13. The van der Waals surface area contributed by atoms with Crippen LogP contribution >= 0.6 is 0 Å². The summed E-state index contributed by atoms with van der Waals surface area (Å²) >= 11 is 0. The monoisotopic (exact) mass is 272 g/mol. The molecule has 0 radical (unpaired) electrons. The van der Waals surface area contributed by atoms with Gasteiger partial charge >= 0.3 is 5.97 Å². The van der Waals surface area contributed by atoms with Crippen molar-refractivity contribution in [3.63, 3.8) is 0 Å². The van der Waals surface area contributed by atoms with Crippen LogP contribution < -0.4 is 0 Å². The van der Waals surface area contributed by atoms with Gasteiger partial charge in [0.25, 0.3) is 0 Å². The SMILES string of the molecule is CC(C)=CCC(CC=C(C)C)OC(=O)c1ccccc1. The first-order valence-corrected chi connectivity index (χ1v) is 7.01. The number of rotatable bonds is 6. The Bertz CT molecular complexity index is 455. The Morgan fingerprint density at radius 2 is 1.50 bits per heavy atom. The molecule has 0 aliphatic carbocycles. The van der Waals surface area contributed by atoms with E-state index in [-0.39, 0.29) is 12.1 Å². The molecule has 0 heterocycles. The molecule has 0 aliphatic heterocycles. The van der Waals surface area contributed by atoms with Crippen LogP contribution in [0.15, 0.2) is 53.6 Å². The number of allylic oxidation sites excluding steroid dienone is 2. The lowest BCUT2D eigenvalue weighted by atomic mass is 10.1. The van der Waals surface area contributed by atoms with Crippen LogP contribution in [0.4, 0.5) is 0 Å². The summed E-state index contributed by atoms with van der Waals surface area (Å²) in [4.78, 5) is 12.1. The summed E-state index contributed by atoms with van der Waals surface area (Å²) in [6.07, 6.45) is 5.63. The van der Waals surface area contributed by atoms with Gasteiger partial charge in [-0.15, -0.1) is 0 Å². The number of hydrogen-bond donors (Lipinski definition) is 0. The van der Waals surface area contributed by atoms with Crippen LogP contribution in [0.5, 0.6) is 0 Å². The van der Waals surface area contributed by atoms with E-state index in [0.717, 1.165) is 12.8 Å². The van der Waals surface area contributed by atoms with Crippen LogP contribution in [0.1, 0.15) is 50.9 Å². The standard InChI is InChI=1S/C18H24O2/c1-14(2)10-12-17(13-11-15(3)4)20-18(19)16-8-6-5-7-9-16/h5-11,17H,12-13H2,1-4H3. The van der Waals surface area contributed by atoms with Gasteiger partial charge < -0.3 is 4.74 Å². The molecule has 0 saturated heterocycles. The molecule has 0 unspecified atom stereocenters. The second-order valence-corrected chi connectivity index (χ2v) is 5.43. The van der Waals surface area contributed by atoms with Crippen LogP contribution in [0.2, 0.25) is 0 Å². The quantitative estimate of drug-likeness (QED) is 0.542.